The van der Waals surface area contributed by atoms with Gasteiger partial charge in [0, 0.05) is 36.0 Å². The highest BCUT2D eigenvalue weighted by atomic mass is 35.5. The number of amides is 2. The quantitative estimate of drug-likeness (QED) is 0.662. The Bertz CT molecular complexity index is 961. The number of nitrogens with one attached hydrogen (secondary N) is 1. The minimum Gasteiger partial charge on any atom is -0.381 e. The van der Waals surface area contributed by atoms with Gasteiger partial charge in [0.25, 0.3) is 0 Å². The molecule has 1 fully saturated rings. The molecule has 0 radical (unpaired) electrons. The number of carbonyl (C=O) groups excluding carboxylic acids is 1. The van der Waals surface area contributed by atoms with Crippen molar-refractivity contribution in [2.24, 2.45) is 10.2 Å². The smallest absolute Gasteiger partial charge is 0.362 e. The minimum absolute atomic E-state index is 0.310. The van der Waals surface area contributed by atoms with E-state index in [1.807, 2.05) is 25.3 Å². The average molecular weight is 443 g/mol. The van der Waals surface area contributed by atoms with Crippen molar-refractivity contribution < 1.29 is 9.53 Å². The summed E-state index contributed by atoms with van der Waals surface area (Å²) in [6.45, 7) is 6.30. The summed E-state index contributed by atoms with van der Waals surface area (Å²) in [5.41, 5.74) is 2.26. The normalized spacial score (nSPS) is 21.5. The number of aromatic nitrogens is 2. The predicted octanol–water partition coefficient (Wildman–Crippen LogP) is 4.93. The van der Waals surface area contributed by atoms with Crippen molar-refractivity contribution in [2.45, 2.75) is 57.8 Å². The van der Waals surface area contributed by atoms with Crippen LogP contribution in [0.4, 0.5) is 10.7 Å². The highest BCUT2D eigenvalue weighted by Gasteiger charge is 2.44. The van der Waals surface area contributed by atoms with Gasteiger partial charge in [-0.15, -0.1) is 0 Å². The van der Waals surface area contributed by atoms with Gasteiger partial charge < -0.3 is 15.0 Å². The standard InChI is InChI=1S/C22H27ClN6O2/c1-3-22(2)18-13-24-20(26-17-8-10-31-11-9-17)27-19(18)14-29(22)21(30)28-25-12-15-4-6-16(23)7-5-15/h4-7,13,17H,3,8-12,14H2,1-2H3,(H,24,26,27). The second-order valence-electron chi connectivity index (χ2n) is 8.11. The molecular weight excluding hydrogens is 416 g/mol. The minimum atomic E-state index is -0.511. The van der Waals surface area contributed by atoms with Gasteiger partial charge in [0.15, 0.2) is 0 Å². The number of halogens is 1. The summed E-state index contributed by atoms with van der Waals surface area (Å²) in [4.78, 5) is 23.9. The number of ether oxygens (including phenoxy) is 1. The second kappa shape index (κ2) is 9.28. The van der Waals surface area contributed by atoms with Crippen LogP contribution in [-0.4, -0.2) is 40.2 Å². The molecule has 2 amide bonds. The SMILES string of the molecule is CCC1(C)c2cnc(NC3CCOCC3)nc2CN1C(=O)N=NCc1ccc(Cl)cc1. The summed E-state index contributed by atoms with van der Waals surface area (Å²) >= 11 is 5.90. The van der Waals surface area contributed by atoms with E-state index in [2.05, 4.69) is 27.5 Å². The zero-order chi connectivity index (χ0) is 21.8. The molecule has 3 heterocycles. The lowest BCUT2D eigenvalue weighted by atomic mass is 9.92. The third-order valence-electron chi connectivity index (χ3n) is 6.15. The molecule has 2 aromatic rings. The van der Waals surface area contributed by atoms with E-state index in [1.54, 1.807) is 17.0 Å². The third kappa shape index (κ3) is 4.70. The molecular formula is C22H27ClN6O2. The van der Waals surface area contributed by atoms with Crippen molar-refractivity contribution in [1.29, 1.82) is 0 Å². The summed E-state index contributed by atoms with van der Waals surface area (Å²) in [6, 6.07) is 7.28. The van der Waals surface area contributed by atoms with Crippen molar-refractivity contribution >= 4 is 23.6 Å². The zero-order valence-corrected chi connectivity index (χ0v) is 18.6. The fourth-order valence-corrected chi connectivity index (χ4v) is 4.16. The van der Waals surface area contributed by atoms with Crippen LogP contribution in [0.1, 0.15) is 49.9 Å². The van der Waals surface area contributed by atoms with E-state index in [4.69, 9.17) is 21.3 Å². The first-order chi connectivity index (χ1) is 15.0. The topological polar surface area (TPSA) is 92.1 Å². The van der Waals surface area contributed by atoms with E-state index < -0.39 is 5.54 Å². The number of urea groups is 1. The highest BCUT2D eigenvalue weighted by molar-refractivity contribution is 6.30. The maximum atomic E-state index is 12.9. The van der Waals surface area contributed by atoms with E-state index >= 15 is 0 Å². The molecule has 4 rings (SSSR count). The van der Waals surface area contributed by atoms with Crippen molar-refractivity contribution in [2.75, 3.05) is 18.5 Å². The van der Waals surface area contributed by atoms with Crippen LogP contribution in [0.15, 0.2) is 40.7 Å². The van der Waals surface area contributed by atoms with Crippen LogP contribution in [0.3, 0.4) is 0 Å². The van der Waals surface area contributed by atoms with Crippen LogP contribution < -0.4 is 5.32 Å². The van der Waals surface area contributed by atoms with Crippen molar-refractivity contribution in [3.63, 3.8) is 0 Å². The maximum absolute atomic E-state index is 12.9. The van der Waals surface area contributed by atoms with Gasteiger partial charge in [-0.25, -0.2) is 14.8 Å². The fraction of sp³-hybridized carbons (Fsp3) is 0.500. The van der Waals surface area contributed by atoms with Gasteiger partial charge in [0.2, 0.25) is 5.95 Å². The number of carbonyl (C=O) groups is 1. The Kier molecular flexibility index (Phi) is 6.48. The van der Waals surface area contributed by atoms with Gasteiger partial charge in [-0.3, -0.25) is 0 Å². The molecule has 164 valence electrons. The molecule has 2 aliphatic heterocycles. The van der Waals surface area contributed by atoms with Crippen molar-refractivity contribution in [3.8, 4) is 0 Å². The van der Waals surface area contributed by atoms with Crippen LogP contribution in [0.2, 0.25) is 5.02 Å². The maximum Gasteiger partial charge on any atom is 0.362 e. The molecule has 1 unspecified atom stereocenters. The van der Waals surface area contributed by atoms with E-state index in [9.17, 15) is 4.79 Å². The van der Waals surface area contributed by atoms with E-state index in [1.165, 1.54) is 0 Å². The molecule has 0 aliphatic carbocycles. The van der Waals surface area contributed by atoms with Gasteiger partial charge in [-0.1, -0.05) is 35.8 Å². The van der Waals surface area contributed by atoms with Crippen LogP contribution in [0, 0.1) is 0 Å². The molecule has 1 aromatic carbocycles. The first kappa shape index (κ1) is 21.6. The molecule has 9 heteroatoms. The molecule has 1 N–H and O–H groups in total. The van der Waals surface area contributed by atoms with Gasteiger partial charge in [0.1, 0.15) is 0 Å². The summed E-state index contributed by atoms with van der Waals surface area (Å²) in [5, 5.41) is 12.1. The predicted molar refractivity (Wildman–Crippen MR) is 118 cm³/mol. The number of hydrogen-bond donors (Lipinski definition) is 1. The highest BCUT2D eigenvalue weighted by Crippen LogP contribution is 2.41. The third-order valence-corrected chi connectivity index (χ3v) is 6.40. The van der Waals surface area contributed by atoms with E-state index in [-0.39, 0.29) is 6.03 Å². The number of fused-ring (bicyclic) bond motifs is 1. The number of nitrogens with zero attached hydrogens (tertiary/aromatic N) is 5. The molecule has 0 saturated carbocycles. The summed E-state index contributed by atoms with van der Waals surface area (Å²) in [7, 11) is 0. The molecule has 1 atom stereocenters. The van der Waals surface area contributed by atoms with Gasteiger partial charge >= 0.3 is 6.03 Å². The lowest BCUT2D eigenvalue weighted by Gasteiger charge is -2.33. The molecule has 2 aliphatic rings. The summed E-state index contributed by atoms with van der Waals surface area (Å²) in [5.74, 6) is 0.600. The number of anilines is 1. The Labute approximate surface area is 187 Å². The van der Waals surface area contributed by atoms with Gasteiger partial charge in [-0.05, 0) is 43.9 Å². The first-order valence-electron chi connectivity index (χ1n) is 10.6. The lowest BCUT2D eigenvalue weighted by molar-refractivity contribution is 0.0903. The van der Waals surface area contributed by atoms with Crippen LogP contribution >= 0.6 is 11.6 Å². The summed E-state index contributed by atoms with van der Waals surface area (Å²) < 4.78 is 5.41. The summed E-state index contributed by atoms with van der Waals surface area (Å²) in [6.07, 6.45) is 4.44. The molecule has 8 nitrogen and oxygen atoms in total. The molecule has 31 heavy (non-hydrogen) atoms. The number of azo groups is 1. The van der Waals surface area contributed by atoms with Crippen LogP contribution in [-0.2, 0) is 23.4 Å². The van der Waals surface area contributed by atoms with Gasteiger partial charge in [-0.2, -0.15) is 5.11 Å². The molecule has 0 spiro atoms. The Morgan fingerprint density at radius 2 is 2.06 bits per heavy atom. The average Bonchev–Trinajstić information content (AvgIpc) is 3.08. The van der Waals surface area contributed by atoms with Crippen molar-refractivity contribution in [3.05, 3.63) is 52.3 Å². The Morgan fingerprint density at radius 1 is 1.32 bits per heavy atom. The second-order valence-corrected chi connectivity index (χ2v) is 8.54. The Hall–Kier alpha value is -2.58. The lowest BCUT2D eigenvalue weighted by Crippen LogP contribution is -2.40. The molecule has 0 bridgehead atoms. The number of hydrogen-bond acceptors (Lipinski definition) is 6. The molecule has 1 aromatic heterocycles. The van der Waals surface area contributed by atoms with Crippen molar-refractivity contribution in [1.82, 2.24) is 14.9 Å². The van der Waals surface area contributed by atoms with Gasteiger partial charge in [0.05, 0.1) is 24.3 Å². The fourth-order valence-electron chi connectivity index (χ4n) is 4.03. The van der Waals surface area contributed by atoms with Crippen LogP contribution in [0.5, 0.6) is 0 Å². The number of benzene rings is 1. The van der Waals surface area contributed by atoms with E-state index in [0.29, 0.717) is 30.1 Å². The van der Waals surface area contributed by atoms with Crippen LogP contribution in [0.25, 0.3) is 0 Å². The largest absolute Gasteiger partial charge is 0.381 e. The Morgan fingerprint density at radius 3 is 2.77 bits per heavy atom. The number of rotatable bonds is 5. The Balaban J connectivity index is 1.46. The van der Waals surface area contributed by atoms with E-state index in [0.717, 1.165) is 49.3 Å². The first-order valence-corrected chi connectivity index (χ1v) is 11.0. The zero-order valence-electron chi connectivity index (χ0n) is 17.8. The monoisotopic (exact) mass is 442 g/mol. The molecule has 1 saturated heterocycles.